The first-order valence-corrected chi connectivity index (χ1v) is 8.64. The van der Waals surface area contributed by atoms with E-state index < -0.39 is 0 Å². The minimum absolute atomic E-state index is 0.0592. The van der Waals surface area contributed by atoms with E-state index in [0.717, 1.165) is 18.0 Å². The summed E-state index contributed by atoms with van der Waals surface area (Å²) in [7, 11) is 0. The lowest BCUT2D eigenvalue weighted by molar-refractivity contribution is 0.305. The summed E-state index contributed by atoms with van der Waals surface area (Å²) < 4.78 is 6.01. The Morgan fingerprint density at radius 3 is 2.28 bits per heavy atom. The van der Waals surface area contributed by atoms with Crippen LogP contribution in [0.2, 0.25) is 0 Å². The summed E-state index contributed by atoms with van der Waals surface area (Å²) in [5.74, 6) is 0.985. The van der Waals surface area contributed by atoms with Gasteiger partial charge in [0.05, 0.1) is 11.7 Å². The SMILES string of the molecule is Cc1cccc(C)c1OCCNC(c1ccccc1)c1ccccn1. The zero-order valence-electron chi connectivity index (χ0n) is 14.8. The number of nitrogens with zero attached hydrogens (tertiary/aromatic N) is 1. The van der Waals surface area contributed by atoms with Crippen LogP contribution in [0.15, 0.2) is 72.9 Å². The van der Waals surface area contributed by atoms with Gasteiger partial charge in [0.15, 0.2) is 0 Å². The Labute approximate surface area is 149 Å². The maximum atomic E-state index is 6.01. The Kier molecular flexibility index (Phi) is 5.81. The standard InChI is InChI=1S/C22H24N2O/c1-17-9-8-10-18(2)22(17)25-16-15-24-21(19-11-4-3-5-12-19)20-13-6-7-14-23-20/h3-14,21,24H,15-16H2,1-2H3. The molecule has 0 aliphatic carbocycles. The fourth-order valence-electron chi connectivity index (χ4n) is 2.97. The van der Waals surface area contributed by atoms with Crippen molar-refractivity contribution >= 4 is 0 Å². The van der Waals surface area contributed by atoms with Gasteiger partial charge in [0.1, 0.15) is 12.4 Å². The van der Waals surface area contributed by atoms with Crippen molar-refractivity contribution < 1.29 is 4.74 Å². The van der Waals surface area contributed by atoms with Crippen LogP contribution in [0, 0.1) is 13.8 Å². The summed E-state index contributed by atoms with van der Waals surface area (Å²) in [5.41, 5.74) is 4.56. The molecule has 0 spiro atoms. The highest BCUT2D eigenvalue weighted by Crippen LogP contribution is 2.22. The molecule has 128 valence electrons. The minimum Gasteiger partial charge on any atom is -0.492 e. The lowest BCUT2D eigenvalue weighted by Crippen LogP contribution is -2.27. The van der Waals surface area contributed by atoms with Gasteiger partial charge in [0.2, 0.25) is 0 Å². The van der Waals surface area contributed by atoms with Crippen LogP contribution >= 0.6 is 0 Å². The summed E-state index contributed by atoms with van der Waals surface area (Å²) in [6.45, 7) is 5.51. The zero-order valence-corrected chi connectivity index (χ0v) is 14.8. The predicted molar refractivity (Wildman–Crippen MR) is 102 cm³/mol. The molecule has 0 fully saturated rings. The molecule has 2 aromatic carbocycles. The van der Waals surface area contributed by atoms with Crippen molar-refractivity contribution in [1.82, 2.24) is 10.3 Å². The normalized spacial score (nSPS) is 11.9. The molecule has 3 aromatic rings. The summed E-state index contributed by atoms with van der Waals surface area (Å²) in [6.07, 6.45) is 1.83. The first-order valence-electron chi connectivity index (χ1n) is 8.64. The molecule has 1 unspecified atom stereocenters. The molecule has 1 aromatic heterocycles. The van der Waals surface area contributed by atoms with Crippen molar-refractivity contribution in [3.63, 3.8) is 0 Å². The van der Waals surface area contributed by atoms with Gasteiger partial charge in [-0.2, -0.15) is 0 Å². The zero-order chi connectivity index (χ0) is 17.5. The second kappa shape index (κ2) is 8.45. The molecule has 1 atom stereocenters. The van der Waals surface area contributed by atoms with Crippen molar-refractivity contribution in [2.45, 2.75) is 19.9 Å². The van der Waals surface area contributed by atoms with Gasteiger partial charge >= 0.3 is 0 Å². The fourth-order valence-corrected chi connectivity index (χ4v) is 2.97. The van der Waals surface area contributed by atoms with Crippen LogP contribution in [-0.4, -0.2) is 18.1 Å². The molecule has 0 bridgehead atoms. The fraction of sp³-hybridized carbons (Fsp3) is 0.227. The van der Waals surface area contributed by atoms with E-state index in [1.807, 2.05) is 24.4 Å². The molecule has 0 amide bonds. The number of pyridine rings is 1. The van der Waals surface area contributed by atoms with Crippen molar-refractivity contribution in [1.29, 1.82) is 0 Å². The molecule has 0 saturated heterocycles. The first-order chi connectivity index (χ1) is 12.3. The van der Waals surface area contributed by atoms with Crippen LogP contribution in [0.25, 0.3) is 0 Å². The highest BCUT2D eigenvalue weighted by molar-refractivity contribution is 5.39. The molecular weight excluding hydrogens is 308 g/mol. The minimum atomic E-state index is 0.0592. The van der Waals surface area contributed by atoms with Gasteiger partial charge in [0, 0.05) is 12.7 Å². The van der Waals surface area contributed by atoms with Crippen LogP contribution in [0.1, 0.15) is 28.4 Å². The number of hydrogen-bond donors (Lipinski definition) is 1. The molecule has 3 nitrogen and oxygen atoms in total. The maximum Gasteiger partial charge on any atom is 0.125 e. The van der Waals surface area contributed by atoms with Crippen LogP contribution in [0.4, 0.5) is 0 Å². The molecule has 3 rings (SSSR count). The van der Waals surface area contributed by atoms with Crippen molar-refractivity contribution in [3.8, 4) is 5.75 Å². The molecular formula is C22H24N2O. The Bertz CT molecular complexity index is 728. The third-order valence-corrected chi connectivity index (χ3v) is 4.22. The van der Waals surface area contributed by atoms with E-state index in [-0.39, 0.29) is 6.04 Å². The maximum absolute atomic E-state index is 6.01. The molecule has 0 aliphatic heterocycles. The molecule has 0 aliphatic rings. The van der Waals surface area contributed by atoms with Gasteiger partial charge in [-0.05, 0) is 42.7 Å². The number of benzene rings is 2. The third kappa shape index (κ3) is 4.46. The number of para-hydroxylation sites is 1. The van der Waals surface area contributed by atoms with E-state index in [0.29, 0.717) is 6.61 Å². The van der Waals surface area contributed by atoms with E-state index in [1.165, 1.54) is 16.7 Å². The molecule has 1 N–H and O–H groups in total. The van der Waals surface area contributed by atoms with E-state index in [2.05, 4.69) is 72.7 Å². The first kappa shape index (κ1) is 17.2. The predicted octanol–water partition coefficient (Wildman–Crippen LogP) is 4.46. The van der Waals surface area contributed by atoms with Gasteiger partial charge in [-0.25, -0.2) is 0 Å². The number of aromatic nitrogens is 1. The summed E-state index contributed by atoms with van der Waals surface area (Å²) >= 11 is 0. The van der Waals surface area contributed by atoms with Gasteiger partial charge < -0.3 is 10.1 Å². The van der Waals surface area contributed by atoms with E-state index >= 15 is 0 Å². The summed E-state index contributed by atoms with van der Waals surface area (Å²) in [6, 6.07) is 22.7. The summed E-state index contributed by atoms with van der Waals surface area (Å²) in [4.78, 5) is 4.52. The molecule has 0 radical (unpaired) electrons. The average molecular weight is 332 g/mol. The Hall–Kier alpha value is -2.65. The number of hydrogen-bond acceptors (Lipinski definition) is 3. The van der Waals surface area contributed by atoms with Crippen LogP contribution < -0.4 is 10.1 Å². The van der Waals surface area contributed by atoms with Crippen LogP contribution in [0.5, 0.6) is 5.75 Å². The third-order valence-electron chi connectivity index (χ3n) is 4.22. The van der Waals surface area contributed by atoms with Gasteiger partial charge in [-0.1, -0.05) is 54.6 Å². The van der Waals surface area contributed by atoms with Crippen LogP contribution in [0.3, 0.4) is 0 Å². The highest BCUT2D eigenvalue weighted by Gasteiger charge is 2.14. The van der Waals surface area contributed by atoms with Gasteiger partial charge in [0.25, 0.3) is 0 Å². The van der Waals surface area contributed by atoms with Crippen molar-refractivity contribution in [2.75, 3.05) is 13.2 Å². The van der Waals surface area contributed by atoms with E-state index in [9.17, 15) is 0 Å². The molecule has 1 heterocycles. The summed E-state index contributed by atoms with van der Waals surface area (Å²) in [5, 5.41) is 3.57. The lowest BCUT2D eigenvalue weighted by atomic mass is 10.0. The largest absolute Gasteiger partial charge is 0.492 e. The van der Waals surface area contributed by atoms with Gasteiger partial charge in [-0.15, -0.1) is 0 Å². The Morgan fingerprint density at radius 1 is 0.880 bits per heavy atom. The lowest BCUT2D eigenvalue weighted by Gasteiger charge is -2.19. The molecule has 25 heavy (non-hydrogen) atoms. The average Bonchev–Trinajstić information content (AvgIpc) is 2.65. The number of ether oxygens (including phenoxy) is 1. The van der Waals surface area contributed by atoms with Gasteiger partial charge in [-0.3, -0.25) is 4.98 Å². The topological polar surface area (TPSA) is 34.1 Å². The number of nitrogens with one attached hydrogen (secondary N) is 1. The Balaban J connectivity index is 1.66. The monoisotopic (exact) mass is 332 g/mol. The van der Waals surface area contributed by atoms with E-state index in [1.54, 1.807) is 0 Å². The van der Waals surface area contributed by atoms with E-state index in [4.69, 9.17) is 4.74 Å². The highest BCUT2D eigenvalue weighted by atomic mass is 16.5. The number of rotatable bonds is 7. The molecule has 3 heteroatoms. The second-order valence-electron chi connectivity index (χ2n) is 6.12. The van der Waals surface area contributed by atoms with Crippen molar-refractivity contribution in [3.05, 3.63) is 95.3 Å². The van der Waals surface area contributed by atoms with Crippen molar-refractivity contribution in [2.24, 2.45) is 0 Å². The second-order valence-corrected chi connectivity index (χ2v) is 6.12. The van der Waals surface area contributed by atoms with Crippen LogP contribution in [-0.2, 0) is 0 Å². The smallest absolute Gasteiger partial charge is 0.125 e. The number of aryl methyl sites for hydroxylation is 2. The Morgan fingerprint density at radius 2 is 1.60 bits per heavy atom. The quantitative estimate of drug-likeness (QED) is 0.649. The molecule has 0 saturated carbocycles.